The van der Waals surface area contributed by atoms with Crippen molar-refractivity contribution < 1.29 is 22.3 Å². The van der Waals surface area contributed by atoms with Gasteiger partial charge in [0.05, 0.1) is 17.6 Å². The zero-order valence-electron chi connectivity index (χ0n) is 16.7. The normalized spacial score (nSPS) is 19.7. The third-order valence-electron chi connectivity index (χ3n) is 5.46. The van der Waals surface area contributed by atoms with E-state index in [-0.39, 0.29) is 24.7 Å². The van der Waals surface area contributed by atoms with Crippen LogP contribution in [-0.2, 0) is 14.8 Å². The Morgan fingerprint density at radius 1 is 0.967 bits per heavy atom. The number of rotatable bonds is 3. The Labute approximate surface area is 175 Å². The molecule has 1 atom stereocenters. The van der Waals surface area contributed by atoms with E-state index in [9.17, 15) is 17.6 Å². The van der Waals surface area contributed by atoms with Gasteiger partial charge in [0.25, 0.3) is 5.91 Å². The molecule has 4 rings (SSSR count). The van der Waals surface area contributed by atoms with Crippen molar-refractivity contribution in [1.82, 2.24) is 4.90 Å². The van der Waals surface area contributed by atoms with E-state index in [2.05, 4.69) is 0 Å². The second-order valence-electron chi connectivity index (χ2n) is 7.46. The first-order valence-corrected chi connectivity index (χ1v) is 11.7. The van der Waals surface area contributed by atoms with E-state index >= 15 is 0 Å². The Kier molecular flexibility index (Phi) is 5.55. The van der Waals surface area contributed by atoms with Gasteiger partial charge in [-0.3, -0.25) is 9.10 Å². The smallest absolute Gasteiger partial charge is 0.263 e. The third kappa shape index (κ3) is 4.07. The van der Waals surface area contributed by atoms with Crippen molar-refractivity contribution in [3.05, 3.63) is 54.3 Å². The molecular formula is C21H24FN3O4S. The van der Waals surface area contributed by atoms with Gasteiger partial charge in [-0.25, -0.2) is 12.8 Å². The van der Waals surface area contributed by atoms with E-state index in [1.165, 1.54) is 10.4 Å². The number of anilines is 2. The van der Waals surface area contributed by atoms with Crippen molar-refractivity contribution in [3.8, 4) is 5.75 Å². The van der Waals surface area contributed by atoms with Crippen LogP contribution in [0.3, 0.4) is 0 Å². The van der Waals surface area contributed by atoms with Gasteiger partial charge in [0.15, 0.2) is 6.10 Å². The largest absolute Gasteiger partial charge is 0.478 e. The Balaban J connectivity index is 1.47. The molecule has 0 bridgehead atoms. The number of halogens is 1. The van der Waals surface area contributed by atoms with E-state index in [1.807, 2.05) is 4.90 Å². The number of ether oxygens (including phenoxy) is 1. The Bertz CT molecular complexity index is 1040. The fraction of sp³-hybridized carbons (Fsp3) is 0.381. The van der Waals surface area contributed by atoms with Gasteiger partial charge in [0.2, 0.25) is 10.0 Å². The third-order valence-corrected chi connectivity index (χ3v) is 6.64. The summed E-state index contributed by atoms with van der Waals surface area (Å²) in [6.45, 7) is 2.10. The molecule has 2 heterocycles. The Morgan fingerprint density at radius 3 is 2.27 bits per heavy atom. The van der Waals surface area contributed by atoms with Gasteiger partial charge < -0.3 is 14.5 Å². The van der Waals surface area contributed by atoms with Gasteiger partial charge in [-0.15, -0.1) is 0 Å². The molecule has 2 aromatic carbocycles. The van der Waals surface area contributed by atoms with Crippen molar-refractivity contribution in [2.24, 2.45) is 0 Å². The Morgan fingerprint density at radius 2 is 1.60 bits per heavy atom. The molecule has 0 aliphatic carbocycles. The number of hydrogen-bond donors (Lipinski definition) is 0. The first-order valence-electron chi connectivity index (χ1n) is 9.86. The monoisotopic (exact) mass is 433 g/mol. The maximum Gasteiger partial charge on any atom is 0.263 e. The first kappa shape index (κ1) is 20.5. The van der Waals surface area contributed by atoms with Crippen LogP contribution in [0.2, 0.25) is 0 Å². The second-order valence-corrected chi connectivity index (χ2v) is 9.37. The maximum atomic E-state index is 14.0. The molecule has 7 nitrogen and oxygen atoms in total. The number of benzene rings is 2. The van der Waals surface area contributed by atoms with Gasteiger partial charge in [0.1, 0.15) is 11.6 Å². The average molecular weight is 434 g/mol. The molecule has 9 heteroatoms. The van der Waals surface area contributed by atoms with Crippen molar-refractivity contribution in [2.45, 2.75) is 12.5 Å². The van der Waals surface area contributed by atoms with Crippen LogP contribution in [-0.4, -0.2) is 64.3 Å². The van der Waals surface area contributed by atoms with Gasteiger partial charge in [-0.2, -0.15) is 0 Å². The van der Waals surface area contributed by atoms with E-state index in [1.54, 1.807) is 47.4 Å². The number of sulfonamides is 1. The highest BCUT2D eigenvalue weighted by atomic mass is 32.2. The SMILES string of the molecule is CS(=O)(=O)N1CC[C@@H](C(=O)N2CCN(c3ccccc3F)CC2)Oc2ccccc21. The molecule has 2 aliphatic heterocycles. The summed E-state index contributed by atoms with van der Waals surface area (Å²) < 4.78 is 45.7. The molecular weight excluding hydrogens is 409 g/mol. The standard InChI is InChI=1S/C21H24FN3O4S/c1-30(27,28)25-11-10-20(29-19-9-5-4-8-18(19)25)21(26)24-14-12-23(13-15-24)17-7-3-2-6-16(17)22/h2-9,20H,10-15H2,1H3/t20-/m0/s1. The molecule has 1 fully saturated rings. The molecule has 0 spiro atoms. The molecule has 0 aromatic heterocycles. The highest BCUT2D eigenvalue weighted by Gasteiger charge is 2.34. The fourth-order valence-corrected chi connectivity index (χ4v) is 4.87. The summed E-state index contributed by atoms with van der Waals surface area (Å²) in [6.07, 6.45) is 0.639. The molecule has 2 aromatic rings. The number of para-hydroxylation sites is 3. The lowest BCUT2D eigenvalue weighted by molar-refractivity contribution is -0.139. The summed E-state index contributed by atoms with van der Waals surface area (Å²) in [5, 5.41) is 0. The number of piperazine rings is 1. The van der Waals surface area contributed by atoms with Crippen molar-refractivity contribution in [2.75, 3.05) is 48.2 Å². The minimum atomic E-state index is -3.49. The van der Waals surface area contributed by atoms with Crippen LogP contribution < -0.4 is 13.9 Å². The van der Waals surface area contributed by atoms with Crippen LogP contribution in [0, 0.1) is 5.82 Å². The molecule has 160 valence electrons. The average Bonchev–Trinajstić information content (AvgIpc) is 2.93. The van der Waals surface area contributed by atoms with Crippen molar-refractivity contribution in [3.63, 3.8) is 0 Å². The molecule has 0 saturated carbocycles. The second kappa shape index (κ2) is 8.14. The minimum absolute atomic E-state index is 0.168. The molecule has 1 saturated heterocycles. The molecule has 30 heavy (non-hydrogen) atoms. The van der Waals surface area contributed by atoms with Crippen LogP contribution in [0.1, 0.15) is 6.42 Å². The number of hydrogen-bond acceptors (Lipinski definition) is 5. The van der Waals surface area contributed by atoms with Crippen LogP contribution in [0.4, 0.5) is 15.8 Å². The lowest BCUT2D eigenvalue weighted by Crippen LogP contribution is -2.52. The van der Waals surface area contributed by atoms with Crippen molar-refractivity contribution in [1.29, 1.82) is 0 Å². The lowest BCUT2D eigenvalue weighted by atomic mass is 10.2. The Hall–Kier alpha value is -2.81. The summed E-state index contributed by atoms with van der Waals surface area (Å²) in [7, 11) is -3.49. The summed E-state index contributed by atoms with van der Waals surface area (Å²) in [5.41, 5.74) is 0.979. The first-order chi connectivity index (χ1) is 14.3. The highest BCUT2D eigenvalue weighted by molar-refractivity contribution is 7.92. The van der Waals surface area contributed by atoms with Crippen LogP contribution >= 0.6 is 0 Å². The van der Waals surface area contributed by atoms with Crippen molar-refractivity contribution >= 4 is 27.3 Å². The minimum Gasteiger partial charge on any atom is -0.478 e. The van der Waals surface area contributed by atoms with Gasteiger partial charge >= 0.3 is 0 Å². The number of carbonyl (C=O) groups is 1. The number of carbonyl (C=O) groups excluding carboxylic acids is 1. The lowest BCUT2D eigenvalue weighted by Gasteiger charge is -2.37. The molecule has 0 unspecified atom stereocenters. The number of amides is 1. The van der Waals surface area contributed by atoms with Gasteiger partial charge in [-0.1, -0.05) is 24.3 Å². The van der Waals surface area contributed by atoms with E-state index in [0.717, 1.165) is 6.26 Å². The van der Waals surface area contributed by atoms with E-state index < -0.39 is 16.1 Å². The molecule has 0 N–H and O–H groups in total. The predicted octanol–water partition coefficient (Wildman–Crippen LogP) is 2.09. The summed E-state index contributed by atoms with van der Waals surface area (Å²) in [6, 6.07) is 13.4. The highest BCUT2D eigenvalue weighted by Crippen LogP contribution is 2.34. The maximum absolute atomic E-state index is 14.0. The fourth-order valence-electron chi connectivity index (χ4n) is 3.93. The zero-order valence-corrected chi connectivity index (χ0v) is 17.5. The summed E-state index contributed by atoms with van der Waals surface area (Å²) in [5.74, 6) is -0.0704. The topological polar surface area (TPSA) is 70.2 Å². The number of fused-ring (bicyclic) bond motifs is 1. The molecule has 1 amide bonds. The van der Waals surface area contributed by atoms with Crippen LogP contribution in [0.5, 0.6) is 5.75 Å². The molecule has 2 aliphatic rings. The molecule has 0 radical (unpaired) electrons. The van der Waals surface area contributed by atoms with E-state index in [4.69, 9.17) is 4.74 Å². The van der Waals surface area contributed by atoms with Gasteiger partial charge in [0, 0.05) is 39.1 Å². The van der Waals surface area contributed by atoms with Gasteiger partial charge in [-0.05, 0) is 24.3 Å². The van der Waals surface area contributed by atoms with Crippen LogP contribution in [0.25, 0.3) is 0 Å². The van der Waals surface area contributed by atoms with Crippen LogP contribution in [0.15, 0.2) is 48.5 Å². The van der Waals surface area contributed by atoms with E-state index in [0.29, 0.717) is 43.3 Å². The predicted molar refractivity (Wildman–Crippen MR) is 113 cm³/mol. The summed E-state index contributed by atoms with van der Waals surface area (Å²) in [4.78, 5) is 16.8. The number of nitrogens with zero attached hydrogens (tertiary/aromatic N) is 3. The zero-order chi connectivity index (χ0) is 21.3. The summed E-state index contributed by atoms with van der Waals surface area (Å²) >= 11 is 0. The quantitative estimate of drug-likeness (QED) is 0.742.